The van der Waals surface area contributed by atoms with Crippen molar-refractivity contribution in [3.05, 3.63) is 100 Å². The monoisotopic (exact) mass is 512 g/mol. The first-order valence-corrected chi connectivity index (χ1v) is 12.7. The minimum absolute atomic E-state index is 0.604. The lowest BCUT2D eigenvalue weighted by atomic mass is 9.89. The second-order valence-corrected chi connectivity index (χ2v) is 10.1. The Morgan fingerprint density at radius 3 is 2.19 bits per heavy atom. The second kappa shape index (κ2) is 9.40. The third-order valence-corrected chi connectivity index (χ3v) is 5.71. The number of rotatable bonds is 2. The molecule has 2 N–H and O–H groups in total. The zero-order valence-electron chi connectivity index (χ0n) is 19.7. The van der Waals surface area contributed by atoms with Crippen molar-refractivity contribution in [2.45, 2.75) is 20.0 Å². The fourth-order valence-corrected chi connectivity index (χ4v) is 4.18. The van der Waals surface area contributed by atoms with Gasteiger partial charge in [-0.3, -0.25) is 0 Å². The third kappa shape index (κ3) is 5.58. The molecule has 0 amide bonds. The number of aryl methyl sites for hydroxylation is 2. The van der Waals surface area contributed by atoms with Crippen LogP contribution in [0.5, 0.6) is 0 Å². The molecule has 0 atom stereocenters. The average molecular weight is 513 g/mol. The number of allylic oxidation sites excluding steroid dienone is 1. The van der Waals surface area contributed by atoms with E-state index in [2.05, 4.69) is 34.2 Å². The number of H-pyrrole nitrogens is 1. The van der Waals surface area contributed by atoms with Gasteiger partial charge in [-0.05, 0) is 54.8 Å². The van der Waals surface area contributed by atoms with E-state index in [0.717, 1.165) is 67.7 Å². The van der Waals surface area contributed by atoms with E-state index in [1.807, 2.05) is 38.4 Å². The van der Waals surface area contributed by atoms with E-state index in [1.54, 1.807) is 12.1 Å². The van der Waals surface area contributed by atoms with E-state index >= 15 is 0 Å². The van der Waals surface area contributed by atoms with E-state index in [1.165, 1.54) is 0 Å². The summed E-state index contributed by atoms with van der Waals surface area (Å²) in [7, 11) is -3.92. The molecule has 0 aliphatic carbocycles. The lowest BCUT2D eigenvalue weighted by molar-refractivity contribution is -0.342. The summed E-state index contributed by atoms with van der Waals surface area (Å²) < 4.78 is 66.7. The molecule has 36 heavy (non-hydrogen) atoms. The van der Waals surface area contributed by atoms with Crippen molar-refractivity contribution in [1.82, 2.24) is 4.98 Å². The molecule has 4 aromatic rings. The van der Waals surface area contributed by atoms with E-state index in [-0.39, 0.29) is 0 Å². The zero-order chi connectivity index (χ0) is 26.3. The van der Waals surface area contributed by atoms with E-state index in [0.29, 0.717) is 6.26 Å². The van der Waals surface area contributed by atoms with Gasteiger partial charge in [-0.15, -0.1) is 0 Å². The largest absolute Gasteiger partial charge is 0.748 e. The van der Waals surface area contributed by atoms with Crippen molar-refractivity contribution in [3.8, 4) is 0 Å². The molecule has 1 aliphatic heterocycles. The van der Waals surface area contributed by atoms with Crippen LogP contribution in [0.2, 0.25) is 0 Å². The highest BCUT2D eigenvalue weighted by molar-refractivity contribution is 7.84. The van der Waals surface area contributed by atoms with Crippen molar-refractivity contribution in [2.24, 2.45) is 0 Å². The van der Waals surface area contributed by atoms with Crippen LogP contribution in [0.15, 0.2) is 66.9 Å². The van der Waals surface area contributed by atoms with Crippen LogP contribution < -0.4 is 4.99 Å². The van der Waals surface area contributed by atoms with Gasteiger partial charge in [0.05, 0.1) is 26.8 Å². The first kappa shape index (κ1) is 25.4. The van der Waals surface area contributed by atoms with Crippen molar-refractivity contribution >= 4 is 44.1 Å². The maximum Gasteiger partial charge on any atom is 0.416 e. The predicted molar refractivity (Wildman–Crippen MR) is 134 cm³/mol. The Morgan fingerprint density at radius 2 is 1.56 bits per heavy atom. The predicted octanol–water partition coefficient (Wildman–Crippen LogP) is 4.72. The van der Waals surface area contributed by atoms with Gasteiger partial charge in [0, 0.05) is 40.6 Å². The van der Waals surface area contributed by atoms with Crippen LogP contribution in [0, 0.1) is 13.8 Å². The fraction of sp³-hybridized carbons (Fsp3) is 0.148. The van der Waals surface area contributed by atoms with Crippen LogP contribution in [0.1, 0.15) is 33.4 Å². The Hall–Kier alpha value is -3.69. The molecular weight excluding hydrogens is 489 g/mol. The van der Waals surface area contributed by atoms with E-state index < -0.39 is 21.9 Å². The molecule has 3 aromatic carbocycles. The third-order valence-electron chi connectivity index (χ3n) is 5.71. The van der Waals surface area contributed by atoms with Crippen LogP contribution in [-0.4, -0.2) is 30.4 Å². The first-order valence-electron chi connectivity index (χ1n) is 10.9. The van der Waals surface area contributed by atoms with Gasteiger partial charge in [0.25, 0.3) is 0 Å². The Labute approximate surface area is 206 Å². The van der Waals surface area contributed by atoms with E-state index in [4.69, 9.17) is 13.0 Å². The highest BCUT2D eigenvalue weighted by Crippen LogP contribution is 2.39. The standard InChI is InChI=1S/C26H19F3N2.CH4O3S/c1-15-3-9-19-21(13-30-23(19)11-15)25(17-5-7-18(8-6-17)26(27,28)29)22-14-31-24-12-16(2)4-10-20(22)24;1-5(2,3)4/h3-14,30H,1-2H3;1H3,(H,2,3,4). The minimum Gasteiger partial charge on any atom is -0.748 e. The number of halogens is 3. The van der Waals surface area contributed by atoms with Crippen LogP contribution >= 0.6 is 0 Å². The van der Waals surface area contributed by atoms with Gasteiger partial charge in [-0.25, -0.2) is 13.4 Å². The summed E-state index contributed by atoms with van der Waals surface area (Å²) in [6.07, 6.45) is 0.108. The summed E-state index contributed by atoms with van der Waals surface area (Å²) in [6.45, 7) is 4.06. The molecule has 0 fully saturated rings. The van der Waals surface area contributed by atoms with Gasteiger partial charge in [-0.1, -0.05) is 30.3 Å². The number of hydrogen-bond acceptors (Lipinski definition) is 3. The number of nitrogens with one attached hydrogen (secondary N) is 2. The number of aromatic nitrogens is 1. The topological polar surface area (TPSA) is 87.0 Å². The number of aromatic amines is 1. The van der Waals surface area contributed by atoms with Crippen molar-refractivity contribution in [3.63, 3.8) is 0 Å². The Kier molecular flexibility index (Phi) is 6.64. The Bertz CT molecular complexity index is 1610. The zero-order valence-corrected chi connectivity index (χ0v) is 20.5. The van der Waals surface area contributed by atoms with Crippen LogP contribution in [0.4, 0.5) is 18.9 Å². The lowest BCUT2D eigenvalue weighted by Gasteiger charge is -2.12. The van der Waals surface area contributed by atoms with Gasteiger partial charge < -0.3 is 9.54 Å². The molecule has 0 saturated heterocycles. The van der Waals surface area contributed by atoms with Crippen LogP contribution in [-0.2, 0) is 16.3 Å². The van der Waals surface area contributed by atoms with Gasteiger partial charge in [0.1, 0.15) is 0 Å². The smallest absolute Gasteiger partial charge is 0.416 e. The minimum atomic E-state index is -4.37. The summed E-state index contributed by atoms with van der Waals surface area (Å²) in [5, 5.41) is 1.03. The van der Waals surface area contributed by atoms with Crippen molar-refractivity contribution < 1.29 is 31.1 Å². The van der Waals surface area contributed by atoms with Gasteiger partial charge in [0.2, 0.25) is 5.69 Å². The quantitative estimate of drug-likeness (QED) is 0.381. The van der Waals surface area contributed by atoms with Crippen LogP contribution in [0.25, 0.3) is 22.0 Å². The number of fused-ring (bicyclic) bond motifs is 2. The van der Waals surface area contributed by atoms with Crippen molar-refractivity contribution in [1.29, 1.82) is 0 Å². The van der Waals surface area contributed by atoms with Gasteiger partial charge >= 0.3 is 6.18 Å². The maximum atomic E-state index is 13.1. The molecule has 186 valence electrons. The molecular formula is C27H23F3N2O3S. The fourth-order valence-electron chi connectivity index (χ4n) is 4.18. The summed E-state index contributed by atoms with van der Waals surface area (Å²) >= 11 is 0. The molecule has 5 rings (SSSR count). The molecule has 0 unspecified atom stereocenters. The average Bonchev–Trinajstić information content (AvgIpc) is 3.37. The van der Waals surface area contributed by atoms with Crippen LogP contribution in [0.3, 0.4) is 0 Å². The molecule has 9 heteroatoms. The van der Waals surface area contributed by atoms with Gasteiger partial charge in [-0.2, -0.15) is 13.2 Å². The number of benzene rings is 3. The molecule has 2 heterocycles. The second-order valence-electron chi connectivity index (χ2n) is 8.66. The molecule has 1 aliphatic rings. The lowest BCUT2D eigenvalue weighted by Crippen LogP contribution is -2.58. The molecule has 0 saturated carbocycles. The normalized spacial score (nSPS) is 14.4. The molecule has 5 nitrogen and oxygen atoms in total. The SMILES string of the molecule is CS(=O)(=O)[O-].Cc1ccc2c(c1)[NH+]=CC2=C(c1ccc(C(F)(F)F)cc1)c1c[nH]c2cc(C)ccc12. The highest BCUT2D eigenvalue weighted by atomic mass is 32.2. The summed E-state index contributed by atoms with van der Waals surface area (Å²) in [5.74, 6) is 0. The molecule has 0 bridgehead atoms. The molecule has 0 spiro atoms. The molecule has 1 aromatic heterocycles. The first-order chi connectivity index (χ1) is 16.8. The Balaban J connectivity index is 0.000000556. The maximum absolute atomic E-state index is 13.1. The van der Waals surface area contributed by atoms with Gasteiger partial charge in [0.15, 0.2) is 6.21 Å². The highest BCUT2D eigenvalue weighted by Gasteiger charge is 2.31. The van der Waals surface area contributed by atoms with Crippen molar-refractivity contribution in [2.75, 3.05) is 6.26 Å². The number of hydrogen-bond donors (Lipinski definition) is 2. The summed E-state index contributed by atoms with van der Waals surface area (Å²) in [4.78, 5) is 6.65. The molecule has 0 radical (unpaired) electrons. The summed E-state index contributed by atoms with van der Waals surface area (Å²) in [6, 6.07) is 17.7. The Morgan fingerprint density at radius 1 is 0.944 bits per heavy atom. The summed E-state index contributed by atoms with van der Waals surface area (Å²) in [5.41, 5.74) is 8.17. The number of alkyl halides is 3. The van der Waals surface area contributed by atoms with E-state index in [9.17, 15) is 13.2 Å².